The molecule has 0 fully saturated rings. The van der Waals surface area contributed by atoms with Gasteiger partial charge in [-0.05, 0) is 24.3 Å². The van der Waals surface area contributed by atoms with Crippen molar-refractivity contribution in [1.82, 2.24) is 19.9 Å². The van der Waals surface area contributed by atoms with E-state index in [1.165, 1.54) is 13.4 Å². The van der Waals surface area contributed by atoms with Crippen molar-refractivity contribution in [1.29, 1.82) is 0 Å². The number of aryl methyl sites for hydroxylation is 1. The highest BCUT2D eigenvalue weighted by atomic mass is 16.5. The van der Waals surface area contributed by atoms with Gasteiger partial charge in [0.2, 0.25) is 0 Å². The van der Waals surface area contributed by atoms with Crippen LogP contribution in [0.1, 0.15) is 12.1 Å². The summed E-state index contributed by atoms with van der Waals surface area (Å²) in [6.07, 6.45) is 4.25. The number of fused-ring (bicyclic) bond motifs is 2. The zero-order valence-electron chi connectivity index (χ0n) is 14.5. The minimum Gasteiger partial charge on any atom is -0.497 e. The van der Waals surface area contributed by atoms with Gasteiger partial charge in [0.1, 0.15) is 17.7 Å². The number of H-pyrrole nitrogens is 2. The zero-order valence-corrected chi connectivity index (χ0v) is 14.5. The van der Waals surface area contributed by atoms with Gasteiger partial charge in [0.05, 0.1) is 26.3 Å². The number of rotatable bonds is 5. The van der Waals surface area contributed by atoms with E-state index in [2.05, 4.69) is 19.9 Å². The highest BCUT2D eigenvalue weighted by Crippen LogP contribution is 2.32. The molecular formula is C19H18N4O3. The van der Waals surface area contributed by atoms with E-state index in [-0.39, 0.29) is 12.4 Å². The molecule has 1 aromatic carbocycles. The Balaban J connectivity index is 1.77. The molecule has 0 atom stereocenters. The number of hydrogen-bond donors (Lipinski definition) is 2. The largest absolute Gasteiger partial charge is 0.497 e. The average Bonchev–Trinajstić information content (AvgIpc) is 3.29. The minimum absolute atomic E-state index is 0.253. The van der Waals surface area contributed by atoms with Crippen molar-refractivity contribution in [2.45, 2.75) is 12.8 Å². The van der Waals surface area contributed by atoms with E-state index in [0.29, 0.717) is 6.42 Å². The van der Waals surface area contributed by atoms with Crippen LogP contribution in [0.5, 0.6) is 5.75 Å². The van der Waals surface area contributed by atoms with Crippen LogP contribution in [0.15, 0.2) is 36.8 Å². The maximum Gasteiger partial charge on any atom is 0.305 e. The van der Waals surface area contributed by atoms with Gasteiger partial charge in [-0.3, -0.25) is 4.79 Å². The van der Waals surface area contributed by atoms with Crippen molar-refractivity contribution in [2.24, 2.45) is 0 Å². The molecule has 4 aromatic rings. The molecule has 7 heteroatoms. The number of ether oxygens (including phenoxy) is 2. The van der Waals surface area contributed by atoms with Crippen molar-refractivity contribution in [3.63, 3.8) is 0 Å². The monoisotopic (exact) mass is 350 g/mol. The van der Waals surface area contributed by atoms with Crippen LogP contribution < -0.4 is 4.74 Å². The molecule has 3 aromatic heterocycles. The van der Waals surface area contributed by atoms with Crippen molar-refractivity contribution < 1.29 is 14.3 Å². The van der Waals surface area contributed by atoms with Crippen molar-refractivity contribution in [3.8, 4) is 17.0 Å². The third kappa shape index (κ3) is 2.77. The van der Waals surface area contributed by atoms with E-state index in [9.17, 15) is 4.79 Å². The van der Waals surface area contributed by atoms with Gasteiger partial charge in [0.15, 0.2) is 0 Å². The number of nitrogens with one attached hydrogen (secondary N) is 2. The molecule has 0 saturated carbocycles. The van der Waals surface area contributed by atoms with Gasteiger partial charge >= 0.3 is 5.97 Å². The summed E-state index contributed by atoms with van der Waals surface area (Å²) < 4.78 is 10.0. The van der Waals surface area contributed by atoms with Crippen LogP contribution in [0.2, 0.25) is 0 Å². The lowest BCUT2D eigenvalue weighted by molar-refractivity contribution is -0.140. The van der Waals surface area contributed by atoms with Crippen LogP contribution >= 0.6 is 0 Å². The lowest BCUT2D eigenvalue weighted by Gasteiger charge is -2.00. The maximum atomic E-state index is 11.4. The summed E-state index contributed by atoms with van der Waals surface area (Å²) in [6, 6.07) is 7.92. The molecule has 0 radical (unpaired) electrons. The summed E-state index contributed by atoms with van der Waals surface area (Å²) in [7, 11) is 3.04. The lowest BCUT2D eigenvalue weighted by atomic mass is 10.1. The van der Waals surface area contributed by atoms with Crippen molar-refractivity contribution in [2.75, 3.05) is 14.2 Å². The Morgan fingerprint density at radius 3 is 2.85 bits per heavy atom. The van der Waals surface area contributed by atoms with E-state index in [1.54, 1.807) is 7.11 Å². The standard InChI is InChI=1S/C19H18N4O3/c1-25-11-3-4-15-12(7-11)14(9-20-15)17-8-13-16(5-6-18(24)26-2)21-10-22-19(13)23-17/h3-4,7-10,20H,5-6H2,1-2H3,(H,21,22,23). The molecule has 0 aliphatic heterocycles. The Morgan fingerprint density at radius 2 is 2.04 bits per heavy atom. The summed E-state index contributed by atoms with van der Waals surface area (Å²) in [6.45, 7) is 0. The van der Waals surface area contributed by atoms with Gasteiger partial charge in [0.25, 0.3) is 0 Å². The quantitative estimate of drug-likeness (QED) is 0.539. The smallest absolute Gasteiger partial charge is 0.305 e. The maximum absolute atomic E-state index is 11.4. The normalized spacial score (nSPS) is 11.2. The van der Waals surface area contributed by atoms with Crippen LogP contribution in [0, 0.1) is 0 Å². The molecule has 26 heavy (non-hydrogen) atoms. The van der Waals surface area contributed by atoms with Crippen molar-refractivity contribution >= 4 is 27.9 Å². The number of benzene rings is 1. The Morgan fingerprint density at radius 1 is 1.15 bits per heavy atom. The molecule has 7 nitrogen and oxygen atoms in total. The van der Waals surface area contributed by atoms with E-state index >= 15 is 0 Å². The summed E-state index contributed by atoms with van der Waals surface area (Å²) in [5.41, 5.74) is 4.54. The van der Waals surface area contributed by atoms with Crippen LogP contribution in [-0.4, -0.2) is 40.1 Å². The first-order valence-electron chi connectivity index (χ1n) is 8.24. The molecule has 0 bridgehead atoms. The molecule has 0 spiro atoms. The zero-order chi connectivity index (χ0) is 18.1. The Hall–Kier alpha value is -3.35. The highest BCUT2D eigenvalue weighted by molar-refractivity contribution is 5.98. The molecule has 0 aliphatic carbocycles. The fourth-order valence-electron chi connectivity index (χ4n) is 3.11. The van der Waals surface area contributed by atoms with Gasteiger partial charge in [-0.25, -0.2) is 9.97 Å². The minimum atomic E-state index is -0.253. The molecule has 132 valence electrons. The second-order valence-corrected chi connectivity index (χ2v) is 5.96. The first-order chi connectivity index (χ1) is 12.7. The first-order valence-corrected chi connectivity index (χ1v) is 8.24. The number of hydrogen-bond acceptors (Lipinski definition) is 5. The van der Waals surface area contributed by atoms with Gasteiger partial charge in [0, 0.05) is 40.2 Å². The molecule has 0 aliphatic rings. The number of carbonyl (C=O) groups is 1. The Labute approximate surface area is 149 Å². The van der Waals surface area contributed by atoms with E-state index in [1.807, 2.05) is 30.5 Å². The van der Waals surface area contributed by atoms with Gasteiger partial charge in [-0.2, -0.15) is 0 Å². The number of aromatic nitrogens is 4. The number of nitrogens with zero attached hydrogens (tertiary/aromatic N) is 2. The highest BCUT2D eigenvalue weighted by Gasteiger charge is 2.14. The average molecular weight is 350 g/mol. The molecule has 0 saturated heterocycles. The third-order valence-corrected chi connectivity index (χ3v) is 4.48. The third-order valence-electron chi connectivity index (χ3n) is 4.48. The number of methoxy groups -OCH3 is 2. The van der Waals surface area contributed by atoms with Gasteiger partial charge < -0.3 is 19.4 Å². The summed E-state index contributed by atoms with van der Waals surface area (Å²) in [5.74, 6) is 0.546. The molecule has 4 rings (SSSR count). The van der Waals surface area contributed by atoms with E-state index in [4.69, 9.17) is 9.47 Å². The summed E-state index contributed by atoms with van der Waals surface area (Å²) in [4.78, 5) is 26.7. The topological polar surface area (TPSA) is 92.9 Å². The fraction of sp³-hybridized carbons (Fsp3) is 0.211. The van der Waals surface area contributed by atoms with Crippen molar-refractivity contribution in [3.05, 3.63) is 42.5 Å². The lowest BCUT2D eigenvalue weighted by Crippen LogP contribution is -2.03. The Bertz CT molecular complexity index is 1100. The van der Waals surface area contributed by atoms with Gasteiger partial charge in [-0.15, -0.1) is 0 Å². The second-order valence-electron chi connectivity index (χ2n) is 5.96. The number of aromatic amines is 2. The number of carbonyl (C=O) groups excluding carboxylic acids is 1. The number of esters is 1. The molecule has 0 amide bonds. The van der Waals surface area contributed by atoms with Crippen LogP contribution in [0.3, 0.4) is 0 Å². The second kappa shape index (κ2) is 6.51. The van der Waals surface area contributed by atoms with Crippen LogP contribution in [0.4, 0.5) is 0 Å². The van der Waals surface area contributed by atoms with E-state index < -0.39 is 0 Å². The predicted molar refractivity (Wildman–Crippen MR) is 98.1 cm³/mol. The Kier molecular flexibility index (Phi) is 4.04. The van der Waals surface area contributed by atoms with Crippen LogP contribution in [-0.2, 0) is 16.0 Å². The molecule has 3 heterocycles. The van der Waals surface area contributed by atoms with E-state index in [0.717, 1.165) is 44.6 Å². The molecule has 2 N–H and O–H groups in total. The van der Waals surface area contributed by atoms with Crippen LogP contribution in [0.25, 0.3) is 33.2 Å². The molecule has 0 unspecified atom stereocenters. The first kappa shape index (κ1) is 16.1. The predicted octanol–water partition coefficient (Wildman–Crippen LogP) is 3.22. The summed E-state index contributed by atoms with van der Waals surface area (Å²) >= 11 is 0. The van der Waals surface area contributed by atoms with Gasteiger partial charge in [-0.1, -0.05) is 0 Å². The SMILES string of the molecule is COC(=O)CCc1ncnc2[nH]c(-c3c[nH]c4ccc(OC)cc34)cc12. The molecular weight excluding hydrogens is 332 g/mol. The summed E-state index contributed by atoms with van der Waals surface area (Å²) in [5, 5.41) is 1.96. The fourth-order valence-corrected chi connectivity index (χ4v) is 3.11.